The normalized spacial score (nSPS) is 16.3. The standard InChI is InChI=1S/C28H26N2O5/c31-26(23-15-8-3-9-16-23)24-17-10-18-25(24)30(28(33)35-20-22-13-6-2-7-14-22)29-27(32)34-19-21-11-4-1-5-12-21/h1-17,24-25H,18-20H2,(H,29,32)/t24-,25-/m0/s1. The average molecular weight is 471 g/mol. The molecule has 2 atom stereocenters. The zero-order valence-electron chi connectivity index (χ0n) is 19.1. The lowest BCUT2D eigenvalue weighted by molar-refractivity contribution is 0.0391. The van der Waals surface area contributed by atoms with Gasteiger partial charge in [-0.2, -0.15) is 0 Å². The zero-order chi connectivity index (χ0) is 24.5. The van der Waals surface area contributed by atoms with Crippen LogP contribution in [0.5, 0.6) is 0 Å². The Morgan fingerprint density at radius 3 is 1.91 bits per heavy atom. The van der Waals surface area contributed by atoms with Gasteiger partial charge in [-0.1, -0.05) is 103 Å². The first kappa shape index (κ1) is 23.8. The number of hydrogen-bond acceptors (Lipinski definition) is 5. The van der Waals surface area contributed by atoms with Gasteiger partial charge in [0.05, 0.1) is 12.0 Å². The molecule has 7 nitrogen and oxygen atoms in total. The predicted molar refractivity (Wildman–Crippen MR) is 130 cm³/mol. The number of ether oxygens (including phenoxy) is 2. The average Bonchev–Trinajstić information content (AvgIpc) is 3.40. The van der Waals surface area contributed by atoms with Crippen LogP contribution in [0.4, 0.5) is 9.59 Å². The van der Waals surface area contributed by atoms with E-state index in [0.29, 0.717) is 12.0 Å². The molecular formula is C28H26N2O5. The second-order valence-electron chi connectivity index (χ2n) is 8.07. The smallest absolute Gasteiger partial charge is 0.429 e. The first-order valence-electron chi connectivity index (χ1n) is 11.3. The van der Waals surface area contributed by atoms with Gasteiger partial charge in [0.25, 0.3) is 0 Å². The lowest BCUT2D eigenvalue weighted by Crippen LogP contribution is -2.54. The Bertz CT molecular complexity index is 1170. The van der Waals surface area contributed by atoms with Crippen LogP contribution >= 0.6 is 0 Å². The molecule has 3 aromatic rings. The van der Waals surface area contributed by atoms with E-state index >= 15 is 0 Å². The van der Waals surface area contributed by atoms with Crippen molar-refractivity contribution in [3.8, 4) is 0 Å². The number of nitrogens with zero attached hydrogens (tertiary/aromatic N) is 1. The molecule has 178 valence electrons. The van der Waals surface area contributed by atoms with Crippen LogP contribution in [0.15, 0.2) is 103 Å². The van der Waals surface area contributed by atoms with Crippen molar-refractivity contribution in [3.63, 3.8) is 0 Å². The SMILES string of the molecule is O=C(NN(C(=O)OCc1ccccc1)[C@H]1CC=C[C@@H]1C(=O)c1ccccc1)OCc1ccccc1. The maximum atomic E-state index is 13.2. The van der Waals surface area contributed by atoms with E-state index in [0.717, 1.165) is 16.1 Å². The van der Waals surface area contributed by atoms with Crippen molar-refractivity contribution in [1.29, 1.82) is 0 Å². The van der Waals surface area contributed by atoms with Crippen LogP contribution < -0.4 is 5.43 Å². The molecule has 0 aliphatic heterocycles. The Labute approximate surface area is 203 Å². The number of hydrazine groups is 1. The monoisotopic (exact) mass is 470 g/mol. The summed E-state index contributed by atoms with van der Waals surface area (Å²) in [5.41, 5.74) is 4.64. The van der Waals surface area contributed by atoms with E-state index in [2.05, 4.69) is 5.43 Å². The molecule has 1 aliphatic rings. The van der Waals surface area contributed by atoms with E-state index in [9.17, 15) is 14.4 Å². The topological polar surface area (TPSA) is 84.9 Å². The van der Waals surface area contributed by atoms with E-state index < -0.39 is 24.1 Å². The highest BCUT2D eigenvalue weighted by atomic mass is 16.6. The van der Waals surface area contributed by atoms with Crippen molar-refractivity contribution in [1.82, 2.24) is 10.4 Å². The molecule has 0 unspecified atom stereocenters. The molecule has 0 aromatic heterocycles. The summed E-state index contributed by atoms with van der Waals surface area (Å²) < 4.78 is 10.8. The molecule has 0 spiro atoms. The minimum absolute atomic E-state index is 0.0222. The number of carbonyl (C=O) groups is 3. The highest BCUT2D eigenvalue weighted by molar-refractivity contribution is 6.00. The summed E-state index contributed by atoms with van der Waals surface area (Å²) in [5, 5.41) is 1.07. The highest BCUT2D eigenvalue weighted by Crippen LogP contribution is 2.27. The predicted octanol–water partition coefficient (Wildman–Crippen LogP) is 5.29. The fourth-order valence-electron chi connectivity index (χ4n) is 3.87. The zero-order valence-corrected chi connectivity index (χ0v) is 19.1. The second kappa shape index (κ2) is 11.7. The number of benzene rings is 3. The lowest BCUT2D eigenvalue weighted by atomic mass is 9.93. The van der Waals surface area contributed by atoms with Gasteiger partial charge in [0.15, 0.2) is 5.78 Å². The van der Waals surface area contributed by atoms with Crippen molar-refractivity contribution < 1.29 is 23.9 Å². The lowest BCUT2D eigenvalue weighted by Gasteiger charge is -2.31. The molecule has 0 bridgehead atoms. The molecule has 35 heavy (non-hydrogen) atoms. The largest absolute Gasteiger partial charge is 0.443 e. The van der Waals surface area contributed by atoms with Gasteiger partial charge >= 0.3 is 12.2 Å². The van der Waals surface area contributed by atoms with Gasteiger partial charge in [-0.15, -0.1) is 0 Å². The minimum Gasteiger partial charge on any atom is -0.443 e. The first-order chi connectivity index (χ1) is 17.1. The first-order valence-corrected chi connectivity index (χ1v) is 11.3. The van der Waals surface area contributed by atoms with Crippen LogP contribution in [-0.2, 0) is 22.7 Å². The van der Waals surface area contributed by atoms with Gasteiger partial charge in [0, 0.05) is 5.56 Å². The summed E-state index contributed by atoms with van der Waals surface area (Å²) in [4.78, 5) is 38.9. The summed E-state index contributed by atoms with van der Waals surface area (Å²) in [6, 6.07) is 26.6. The van der Waals surface area contributed by atoms with Crippen LogP contribution in [0, 0.1) is 5.92 Å². The minimum atomic E-state index is -0.816. The van der Waals surface area contributed by atoms with Gasteiger partial charge < -0.3 is 9.47 Å². The molecule has 0 saturated carbocycles. The molecule has 3 aromatic carbocycles. The third-order valence-corrected chi connectivity index (χ3v) is 5.65. The third kappa shape index (κ3) is 6.35. The fraction of sp³-hybridized carbons (Fsp3) is 0.179. The van der Waals surface area contributed by atoms with E-state index in [1.165, 1.54) is 0 Å². The third-order valence-electron chi connectivity index (χ3n) is 5.65. The Hall–Kier alpha value is -4.39. The molecule has 1 aliphatic carbocycles. The number of nitrogens with one attached hydrogen (secondary N) is 1. The molecule has 4 rings (SSSR count). The summed E-state index contributed by atoms with van der Waals surface area (Å²) in [6.07, 6.45) is 2.37. The van der Waals surface area contributed by atoms with Crippen molar-refractivity contribution >= 4 is 18.0 Å². The molecule has 2 amide bonds. The number of carbonyl (C=O) groups excluding carboxylic acids is 3. The number of ketones is 1. The molecule has 0 heterocycles. The maximum absolute atomic E-state index is 13.2. The highest BCUT2D eigenvalue weighted by Gasteiger charge is 2.38. The van der Waals surface area contributed by atoms with E-state index in [1.807, 2.05) is 72.8 Å². The molecule has 0 fully saturated rings. The van der Waals surface area contributed by atoms with Crippen molar-refractivity contribution in [2.24, 2.45) is 5.92 Å². The number of rotatable bonds is 7. The Balaban J connectivity index is 1.48. The van der Waals surface area contributed by atoms with E-state index in [4.69, 9.17) is 9.47 Å². The summed E-state index contributed by atoms with van der Waals surface area (Å²) in [7, 11) is 0. The van der Waals surface area contributed by atoms with Gasteiger partial charge in [0.1, 0.15) is 13.2 Å². The van der Waals surface area contributed by atoms with Crippen LogP contribution in [0.1, 0.15) is 27.9 Å². The summed E-state index contributed by atoms with van der Waals surface area (Å²) in [6.45, 7) is 0.0588. The molecule has 0 saturated heterocycles. The molecule has 0 radical (unpaired) electrons. The van der Waals surface area contributed by atoms with Crippen LogP contribution in [-0.4, -0.2) is 29.0 Å². The summed E-state index contributed by atoms with van der Waals surface area (Å²) >= 11 is 0. The van der Waals surface area contributed by atoms with Gasteiger partial charge in [-0.3, -0.25) is 4.79 Å². The maximum Gasteiger partial charge on any atom is 0.429 e. The molecule has 1 N–H and O–H groups in total. The van der Waals surface area contributed by atoms with Crippen molar-refractivity contribution in [3.05, 3.63) is 120 Å². The van der Waals surface area contributed by atoms with Gasteiger partial charge in [0.2, 0.25) is 0 Å². The van der Waals surface area contributed by atoms with Crippen LogP contribution in [0.25, 0.3) is 0 Å². The van der Waals surface area contributed by atoms with Crippen molar-refractivity contribution in [2.75, 3.05) is 0 Å². The van der Waals surface area contributed by atoms with Gasteiger partial charge in [-0.25, -0.2) is 20.0 Å². The fourth-order valence-corrected chi connectivity index (χ4v) is 3.87. The Kier molecular flexibility index (Phi) is 7.91. The molecule has 7 heteroatoms. The van der Waals surface area contributed by atoms with Crippen molar-refractivity contribution in [2.45, 2.75) is 25.7 Å². The summed E-state index contributed by atoms with van der Waals surface area (Å²) in [5.74, 6) is -0.791. The number of hydrogen-bond donors (Lipinski definition) is 1. The Morgan fingerprint density at radius 1 is 0.771 bits per heavy atom. The quantitative estimate of drug-likeness (QED) is 0.288. The van der Waals surface area contributed by atoms with E-state index in [1.54, 1.807) is 30.3 Å². The number of amides is 2. The molecular weight excluding hydrogens is 444 g/mol. The van der Waals surface area contributed by atoms with Gasteiger partial charge in [-0.05, 0) is 17.5 Å². The van der Waals surface area contributed by atoms with Crippen LogP contribution in [0.2, 0.25) is 0 Å². The van der Waals surface area contributed by atoms with Crippen LogP contribution in [0.3, 0.4) is 0 Å². The Morgan fingerprint density at radius 2 is 1.31 bits per heavy atom. The second-order valence-corrected chi connectivity index (χ2v) is 8.07. The number of Topliss-reactive ketones (excluding diaryl/α,β-unsaturated/α-hetero) is 1. The van der Waals surface area contributed by atoms with E-state index in [-0.39, 0.29) is 19.0 Å².